The van der Waals surface area contributed by atoms with Crippen molar-refractivity contribution in [1.29, 1.82) is 0 Å². The molecule has 1 aromatic heterocycles. The predicted molar refractivity (Wildman–Crippen MR) is 75.0 cm³/mol. The van der Waals surface area contributed by atoms with Gasteiger partial charge in [-0.15, -0.1) is 0 Å². The van der Waals surface area contributed by atoms with Gasteiger partial charge in [0.15, 0.2) is 0 Å². The molecule has 0 aromatic carbocycles. The summed E-state index contributed by atoms with van der Waals surface area (Å²) < 4.78 is 1.94. The lowest BCUT2D eigenvalue weighted by molar-refractivity contribution is 0.164. The molecule has 1 rings (SSSR count). The van der Waals surface area contributed by atoms with Crippen molar-refractivity contribution in [2.75, 3.05) is 13.2 Å². The largest absolute Gasteiger partial charge is 0.394 e. The minimum Gasteiger partial charge on any atom is -0.394 e. The third kappa shape index (κ3) is 4.26. The first kappa shape index (κ1) is 15.5. The summed E-state index contributed by atoms with van der Waals surface area (Å²) in [7, 11) is 0. The molecule has 4 nitrogen and oxygen atoms in total. The van der Waals surface area contributed by atoms with E-state index in [-0.39, 0.29) is 12.1 Å². The van der Waals surface area contributed by atoms with Gasteiger partial charge in [0, 0.05) is 12.1 Å². The van der Waals surface area contributed by atoms with Gasteiger partial charge in [0.2, 0.25) is 0 Å². The van der Waals surface area contributed by atoms with Crippen LogP contribution in [0.2, 0.25) is 5.02 Å². The van der Waals surface area contributed by atoms with Crippen LogP contribution in [0, 0.1) is 6.92 Å². The molecule has 0 bridgehead atoms. The fourth-order valence-electron chi connectivity index (χ4n) is 2.08. The van der Waals surface area contributed by atoms with Crippen LogP contribution in [0.25, 0.3) is 0 Å². The highest BCUT2D eigenvalue weighted by atomic mass is 35.5. The van der Waals surface area contributed by atoms with Gasteiger partial charge >= 0.3 is 0 Å². The van der Waals surface area contributed by atoms with Gasteiger partial charge in [-0.2, -0.15) is 5.10 Å². The summed E-state index contributed by atoms with van der Waals surface area (Å²) in [6.45, 7) is 8.03. The molecular formula is C13H24ClN3O. The molecule has 1 unspecified atom stereocenters. The molecule has 1 atom stereocenters. The van der Waals surface area contributed by atoms with Crippen LogP contribution in [0.3, 0.4) is 0 Å². The maximum Gasteiger partial charge on any atom is 0.0814 e. The van der Waals surface area contributed by atoms with Crippen LogP contribution in [-0.2, 0) is 6.54 Å². The van der Waals surface area contributed by atoms with Crippen LogP contribution >= 0.6 is 11.6 Å². The van der Waals surface area contributed by atoms with Crippen molar-refractivity contribution in [1.82, 2.24) is 15.1 Å². The lowest BCUT2D eigenvalue weighted by atomic mass is 9.96. The van der Waals surface area contributed by atoms with Crippen LogP contribution < -0.4 is 5.32 Å². The first-order valence-electron chi connectivity index (χ1n) is 6.56. The number of aromatic nitrogens is 2. The van der Waals surface area contributed by atoms with Crippen molar-refractivity contribution in [2.45, 2.75) is 52.1 Å². The highest BCUT2D eigenvalue weighted by Gasteiger charge is 2.20. The average molecular weight is 274 g/mol. The molecule has 0 aliphatic heterocycles. The Morgan fingerprint density at radius 2 is 2.22 bits per heavy atom. The molecule has 0 radical (unpaired) electrons. The summed E-state index contributed by atoms with van der Waals surface area (Å²) in [4.78, 5) is 0. The van der Waals surface area contributed by atoms with Crippen LogP contribution in [0.15, 0.2) is 6.20 Å². The van der Waals surface area contributed by atoms with Crippen LogP contribution in [0.4, 0.5) is 0 Å². The minimum atomic E-state index is -0.161. The van der Waals surface area contributed by atoms with Crippen molar-refractivity contribution in [3.05, 3.63) is 16.9 Å². The highest BCUT2D eigenvalue weighted by Crippen LogP contribution is 2.16. The van der Waals surface area contributed by atoms with E-state index in [9.17, 15) is 5.11 Å². The Morgan fingerprint density at radius 3 is 2.72 bits per heavy atom. The van der Waals surface area contributed by atoms with Gasteiger partial charge < -0.3 is 10.4 Å². The monoisotopic (exact) mass is 273 g/mol. The standard InChI is InChI=1S/C13H24ClN3O/c1-4-15-13(3,10-18)7-5-6-8-17-11(2)12(14)9-16-17/h9,15,18H,4-8,10H2,1-3H3. The third-order valence-corrected chi connectivity index (χ3v) is 3.72. The number of nitrogens with zero attached hydrogens (tertiary/aromatic N) is 2. The average Bonchev–Trinajstić information content (AvgIpc) is 2.67. The zero-order valence-corrected chi connectivity index (χ0v) is 12.3. The highest BCUT2D eigenvalue weighted by molar-refractivity contribution is 6.31. The quantitative estimate of drug-likeness (QED) is 0.715. The first-order chi connectivity index (χ1) is 8.52. The van der Waals surface area contributed by atoms with Gasteiger partial charge in [-0.05, 0) is 39.7 Å². The van der Waals surface area contributed by atoms with E-state index in [0.29, 0.717) is 0 Å². The summed E-state index contributed by atoms with van der Waals surface area (Å²) in [5, 5.41) is 17.7. The zero-order valence-electron chi connectivity index (χ0n) is 11.5. The molecule has 1 heterocycles. The van der Waals surface area contributed by atoms with Crippen molar-refractivity contribution in [2.24, 2.45) is 0 Å². The van der Waals surface area contributed by atoms with Crippen LogP contribution in [-0.4, -0.2) is 33.6 Å². The maximum atomic E-state index is 9.38. The molecule has 0 amide bonds. The number of halogens is 1. The number of aliphatic hydroxyl groups excluding tert-OH is 1. The van der Waals surface area contributed by atoms with E-state index in [2.05, 4.69) is 24.3 Å². The van der Waals surface area contributed by atoms with E-state index >= 15 is 0 Å². The number of aryl methyl sites for hydroxylation is 1. The molecule has 5 heteroatoms. The lowest BCUT2D eigenvalue weighted by Gasteiger charge is -2.28. The van der Waals surface area contributed by atoms with Crippen molar-refractivity contribution >= 4 is 11.6 Å². The Kier molecular flexibility index (Phi) is 6.12. The van der Waals surface area contributed by atoms with E-state index in [1.807, 2.05) is 11.6 Å². The summed E-state index contributed by atoms with van der Waals surface area (Å²) in [6, 6.07) is 0. The molecule has 0 fully saturated rings. The normalized spacial score (nSPS) is 14.7. The Hall–Kier alpha value is -0.580. The summed E-state index contributed by atoms with van der Waals surface area (Å²) in [5.74, 6) is 0. The number of hydrogen-bond acceptors (Lipinski definition) is 3. The second kappa shape index (κ2) is 7.12. The fourth-order valence-corrected chi connectivity index (χ4v) is 2.22. The maximum absolute atomic E-state index is 9.38. The number of aliphatic hydroxyl groups is 1. The molecular weight excluding hydrogens is 250 g/mol. The fraction of sp³-hybridized carbons (Fsp3) is 0.769. The van der Waals surface area contributed by atoms with Gasteiger partial charge in [0.25, 0.3) is 0 Å². The first-order valence-corrected chi connectivity index (χ1v) is 6.94. The number of rotatable bonds is 8. The van der Waals surface area contributed by atoms with Gasteiger partial charge in [-0.3, -0.25) is 4.68 Å². The zero-order chi connectivity index (χ0) is 13.6. The van der Waals surface area contributed by atoms with E-state index in [4.69, 9.17) is 11.6 Å². The number of likely N-dealkylation sites (N-methyl/N-ethyl adjacent to an activating group) is 1. The molecule has 18 heavy (non-hydrogen) atoms. The van der Waals surface area contributed by atoms with Crippen molar-refractivity contribution < 1.29 is 5.11 Å². The van der Waals surface area contributed by atoms with Gasteiger partial charge in [0.1, 0.15) is 0 Å². The van der Waals surface area contributed by atoms with Gasteiger partial charge in [-0.25, -0.2) is 0 Å². The number of hydrogen-bond donors (Lipinski definition) is 2. The molecule has 0 saturated carbocycles. The van der Waals surface area contributed by atoms with Gasteiger partial charge in [-0.1, -0.05) is 18.5 Å². The van der Waals surface area contributed by atoms with Crippen LogP contribution in [0.5, 0.6) is 0 Å². The van der Waals surface area contributed by atoms with Crippen molar-refractivity contribution in [3.8, 4) is 0 Å². The number of unbranched alkanes of at least 4 members (excludes halogenated alkanes) is 1. The molecule has 1 aromatic rings. The summed E-state index contributed by atoms with van der Waals surface area (Å²) >= 11 is 5.95. The lowest BCUT2D eigenvalue weighted by Crippen LogP contribution is -2.45. The topological polar surface area (TPSA) is 50.1 Å². The minimum absolute atomic E-state index is 0.161. The molecule has 2 N–H and O–H groups in total. The molecule has 0 saturated heterocycles. The van der Waals surface area contributed by atoms with E-state index < -0.39 is 0 Å². The molecule has 0 aliphatic rings. The second-order valence-corrected chi connectivity index (χ2v) is 5.41. The SMILES string of the molecule is CCNC(C)(CO)CCCCn1ncc(Cl)c1C. The molecule has 104 valence electrons. The Labute approximate surface area is 114 Å². The molecule has 0 spiro atoms. The summed E-state index contributed by atoms with van der Waals surface area (Å²) in [6.07, 6.45) is 4.75. The van der Waals surface area contributed by atoms with E-state index in [1.54, 1.807) is 6.20 Å². The number of nitrogens with one attached hydrogen (secondary N) is 1. The van der Waals surface area contributed by atoms with Gasteiger partial charge in [0.05, 0.1) is 23.5 Å². The predicted octanol–water partition coefficient (Wildman–Crippen LogP) is 2.38. The smallest absolute Gasteiger partial charge is 0.0814 e. The molecule has 0 aliphatic carbocycles. The van der Waals surface area contributed by atoms with Crippen LogP contribution in [0.1, 0.15) is 38.8 Å². The van der Waals surface area contributed by atoms with E-state index in [0.717, 1.165) is 43.1 Å². The second-order valence-electron chi connectivity index (χ2n) is 5.01. The summed E-state index contributed by atoms with van der Waals surface area (Å²) in [5.41, 5.74) is 0.860. The Balaban J connectivity index is 2.32. The van der Waals surface area contributed by atoms with E-state index in [1.165, 1.54) is 0 Å². The Bertz CT molecular complexity index is 367. The Morgan fingerprint density at radius 1 is 1.50 bits per heavy atom. The van der Waals surface area contributed by atoms with Crippen molar-refractivity contribution in [3.63, 3.8) is 0 Å². The third-order valence-electron chi connectivity index (χ3n) is 3.34.